The Morgan fingerprint density at radius 2 is 1.71 bits per heavy atom. The van der Waals surface area contributed by atoms with Crippen molar-refractivity contribution in [2.75, 3.05) is 18.4 Å². The van der Waals surface area contributed by atoms with Crippen molar-refractivity contribution >= 4 is 23.5 Å². The van der Waals surface area contributed by atoms with E-state index in [0.717, 1.165) is 63.6 Å². The number of hydrogen-bond acceptors (Lipinski definition) is 3. The van der Waals surface area contributed by atoms with Gasteiger partial charge in [-0.1, -0.05) is 19.3 Å². The Morgan fingerprint density at radius 3 is 2.32 bits per heavy atom. The van der Waals surface area contributed by atoms with E-state index in [2.05, 4.69) is 5.32 Å². The molecule has 0 unspecified atom stereocenters. The monoisotopic (exact) mass is 386 g/mol. The molecule has 6 heteroatoms. The fourth-order valence-electron chi connectivity index (χ4n) is 4.61. The maximum Gasteiger partial charge on any atom is 0.303 e. The lowest BCUT2D eigenvalue weighted by atomic mass is 9.69. The molecule has 0 bridgehead atoms. The molecule has 1 saturated carbocycles. The number of carbonyl (C=O) groups excluding carboxylic acids is 2. The molecule has 0 spiro atoms. The number of carboxylic acids is 1. The van der Waals surface area contributed by atoms with Crippen molar-refractivity contribution < 1.29 is 19.5 Å². The van der Waals surface area contributed by atoms with E-state index < -0.39 is 11.4 Å². The Kier molecular flexibility index (Phi) is 6.37. The van der Waals surface area contributed by atoms with Gasteiger partial charge in [-0.15, -0.1) is 0 Å². The van der Waals surface area contributed by atoms with Crippen LogP contribution in [0.1, 0.15) is 73.7 Å². The highest BCUT2D eigenvalue weighted by Crippen LogP contribution is 2.42. The first-order chi connectivity index (χ1) is 13.4. The molecular weight excluding hydrogens is 356 g/mol. The van der Waals surface area contributed by atoms with Crippen LogP contribution in [0.25, 0.3) is 0 Å². The molecule has 1 saturated heterocycles. The summed E-state index contributed by atoms with van der Waals surface area (Å²) in [5.41, 5.74) is 1.74. The van der Waals surface area contributed by atoms with Crippen LogP contribution in [0.2, 0.25) is 0 Å². The van der Waals surface area contributed by atoms with Crippen LogP contribution in [0.3, 0.4) is 0 Å². The van der Waals surface area contributed by atoms with Crippen molar-refractivity contribution in [1.82, 2.24) is 4.90 Å². The SMILES string of the molecule is Cc1cc(C(=O)N2CCCC2)ccc1NC(=O)CC1(CC(=O)O)CCCCC1. The first kappa shape index (κ1) is 20.4. The Morgan fingerprint density at radius 1 is 1.04 bits per heavy atom. The lowest BCUT2D eigenvalue weighted by molar-refractivity contribution is -0.140. The summed E-state index contributed by atoms with van der Waals surface area (Å²) in [5, 5.41) is 12.2. The number of aliphatic carboxylic acids is 1. The molecule has 2 aliphatic rings. The number of rotatable bonds is 6. The molecule has 0 atom stereocenters. The number of amides is 2. The van der Waals surface area contributed by atoms with E-state index in [4.69, 9.17) is 0 Å². The summed E-state index contributed by atoms with van der Waals surface area (Å²) in [5.74, 6) is -0.943. The first-order valence-electron chi connectivity index (χ1n) is 10.3. The Bertz CT molecular complexity index is 747. The minimum Gasteiger partial charge on any atom is -0.481 e. The number of benzene rings is 1. The number of aryl methyl sites for hydroxylation is 1. The third-order valence-electron chi connectivity index (χ3n) is 6.12. The van der Waals surface area contributed by atoms with Crippen molar-refractivity contribution in [1.29, 1.82) is 0 Å². The Hall–Kier alpha value is -2.37. The molecule has 1 aliphatic heterocycles. The van der Waals surface area contributed by atoms with Crippen LogP contribution in [0.15, 0.2) is 18.2 Å². The molecule has 2 N–H and O–H groups in total. The number of nitrogens with one attached hydrogen (secondary N) is 1. The Labute approximate surface area is 166 Å². The molecule has 2 fully saturated rings. The van der Waals surface area contributed by atoms with Gasteiger partial charge in [0.15, 0.2) is 0 Å². The summed E-state index contributed by atoms with van der Waals surface area (Å²) < 4.78 is 0. The lowest BCUT2D eigenvalue weighted by Gasteiger charge is -2.35. The molecule has 3 rings (SSSR count). The Balaban J connectivity index is 1.66. The average molecular weight is 386 g/mol. The standard InChI is InChI=1S/C22H30N2O4/c1-16-13-17(21(28)24-11-5-6-12-24)7-8-18(16)23-19(25)14-22(15-20(26)27)9-3-2-4-10-22/h7-8,13H,2-6,9-12,14-15H2,1H3,(H,23,25)(H,26,27). The molecule has 1 aromatic rings. The molecule has 1 heterocycles. The second-order valence-corrected chi connectivity index (χ2v) is 8.39. The van der Waals surface area contributed by atoms with Crippen LogP contribution in [0.4, 0.5) is 5.69 Å². The minimum atomic E-state index is -0.837. The van der Waals surface area contributed by atoms with Gasteiger partial charge in [0.1, 0.15) is 0 Å². The molecule has 28 heavy (non-hydrogen) atoms. The molecule has 2 amide bonds. The van der Waals surface area contributed by atoms with Gasteiger partial charge >= 0.3 is 5.97 Å². The highest BCUT2D eigenvalue weighted by Gasteiger charge is 2.36. The smallest absolute Gasteiger partial charge is 0.303 e. The molecule has 1 aromatic carbocycles. The third-order valence-corrected chi connectivity index (χ3v) is 6.12. The summed E-state index contributed by atoms with van der Waals surface area (Å²) in [4.78, 5) is 38.4. The quantitative estimate of drug-likeness (QED) is 0.774. The molecule has 0 radical (unpaired) electrons. The van der Waals surface area contributed by atoms with Crippen molar-refractivity contribution in [2.45, 2.75) is 64.7 Å². The van der Waals surface area contributed by atoms with Crippen LogP contribution in [0.5, 0.6) is 0 Å². The van der Waals surface area contributed by atoms with Gasteiger partial charge in [-0.2, -0.15) is 0 Å². The van der Waals surface area contributed by atoms with Gasteiger partial charge in [0, 0.05) is 30.8 Å². The van der Waals surface area contributed by atoms with E-state index in [0.29, 0.717) is 11.3 Å². The number of hydrogen-bond donors (Lipinski definition) is 2. The van der Waals surface area contributed by atoms with Crippen LogP contribution < -0.4 is 5.32 Å². The maximum atomic E-state index is 12.7. The van der Waals surface area contributed by atoms with Gasteiger partial charge in [-0.05, 0) is 61.8 Å². The number of carbonyl (C=O) groups is 3. The van der Waals surface area contributed by atoms with Gasteiger partial charge in [-0.25, -0.2) is 0 Å². The summed E-state index contributed by atoms with van der Waals surface area (Å²) in [7, 11) is 0. The fraction of sp³-hybridized carbons (Fsp3) is 0.591. The van der Waals surface area contributed by atoms with Crippen molar-refractivity contribution in [3.05, 3.63) is 29.3 Å². The number of anilines is 1. The van der Waals surface area contributed by atoms with Gasteiger partial charge < -0.3 is 15.3 Å². The van der Waals surface area contributed by atoms with Crippen LogP contribution in [0, 0.1) is 12.3 Å². The topological polar surface area (TPSA) is 86.7 Å². The maximum absolute atomic E-state index is 12.7. The van der Waals surface area contributed by atoms with E-state index in [9.17, 15) is 19.5 Å². The zero-order valence-electron chi connectivity index (χ0n) is 16.6. The molecule has 152 valence electrons. The van der Waals surface area contributed by atoms with E-state index in [-0.39, 0.29) is 24.7 Å². The van der Waals surface area contributed by atoms with Crippen LogP contribution in [-0.4, -0.2) is 40.9 Å². The molecule has 1 aliphatic carbocycles. The van der Waals surface area contributed by atoms with E-state index in [1.807, 2.05) is 17.9 Å². The van der Waals surface area contributed by atoms with E-state index in [1.165, 1.54) is 0 Å². The van der Waals surface area contributed by atoms with Gasteiger partial charge in [0.2, 0.25) is 5.91 Å². The highest BCUT2D eigenvalue weighted by molar-refractivity contribution is 5.97. The number of carboxylic acid groups (broad SMARTS) is 1. The first-order valence-corrected chi connectivity index (χ1v) is 10.3. The number of likely N-dealkylation sites (tertiary alicyclic amines) is 1. The molecular formula is C22H30N2O4. The van der Waals surface area contributed by atoms with Gasteiger partial charge in [0.05, 0.1) is 6.42 Å². The largest absolute Gasteiger partial charge is 0.481 e. The van der Waals surface area contributed by atoms with Crippen molar-refractivity contribution in [3.63, 3.8) is 0 Å². The second-order valence-electron chi connectivity index (χ2n) is 8.39. The summed E-state index contributed by atoms with van der Waals surface area (Å²) in [6, 6.07) is 5.36. The molecule has 6 nitrogen and oxygen atoms in total. The fourth-order valence-corrected chi connectivity index (χ4v) is 4.61. The summed E-state index contributed by atoms with van der Waals surface area (Å²) in [6.45, 7) is 3.49. The van der Waals surface area contributed by atoms with E-state index >= 15 is 0 Å². The average Bonchev–Trinajstić information content (AvgIpc) is 3.17. The number of nitrogens with zero attached hydrogens (tertiary/aromatic N) is 1. The van der Waals surface area contributed by atoms with Gasteiger partial charge in [0.25, 0.3) is 5.91 Å². The zero-order valence-corrected chi connectivity index (χ0v) is 16.6. The van der Waals surface area contributed by atoms with Crippen molar-refractivity contribution in [2.24, 2.45) is 5.41 Å². The summed E-state index contributed by atoms with van der Waals surface area (Å²) in [6.07, 6.45) is 7.02. The zero-order chi connectivity index (χ0) is 20.1. The normalized spacial score (nSPS) is 18.7. The van der Waals surface area contributed by atoms with Crippen LogP contribution >= 0.6 is 0 Å². The second kappa shape index (κ2) is 8.76. The third kappa shape index (κ3) is 4.91. The van der Waals surface area contributed by atoms with E-state index in [1.54, 1.807) is 12.1 Å². The van der Waals surface area contributed by atoms with Crippen LogP contribution in [-0.2, 0) is 9.59 Å². The molecule has 0 aromatic heterocycles. The summed E-state index contributed by atoms with van der Waals surface area (Å²) >= 11 is 0. The predicted molar refractivity (Wildman–Crippen MR) is 107 cm³/mol. The van der Waals surface area contributed by atoms with Crippen molar-refractivity contribution in [3.8, 4) is 0 Å². The minimum absolute atomic E-state index is 0.0427. The lowest BCUT2D eigenvalue weighted by Crippen LogP contribution is -2.32. The highest BCUT2D eigenvalue weighted by atomic mass is 16.4. The van der Waals surface area contributed by atoms with Gasteiger partial charge in [-0.3, -0.25) is 14.4 Å². The predicted octanol–water partition coefficient (Wildman–Crippen LogP) is 3.98.